The van der Waals surface area contributed by atoms with E-state index < -0.39 is 0 Å². The second-order valence-electron chi connectivity index (χ2n) is 5.13. The summed E-state index contributed by atoms with van der Waals surface area (Å²) in [5, 5.41) is -0.122. The Bertz CT molecular complexity index is 639. The summed E-state index contributed by atoms with van der Waals surface area (Å²) >= 11 is 1.19. The molecule has 0 saturated heterocycles. The summed E-state index contributed by atoms with van der Waals surface area (Å²) in [4.78, 5) is 22.6. The Morgan fingerprint density at radius 2 is 1.68 bits per heavy atom. The highest BCUT2D eigenvalue weighted by Crippen LogP contribution is 2.28. The van der Waals surface area contributed by atoms with Crippen LogP contribution in [0.4, 0.5) is 0 Å². The highest BCUT2D eigenvalue weighted by molar-refractivity contribution is 8.14. The van der Waals surface area contributed by atoms with Gasteiger partial charge in [0.05, 0.1) is 0 Å². The molecule has 0 heterocycles. The molecule has 2 aromatic carbocycles. The van der Waals surface area contributed by atoms with Crippen LogP contribution in [0.3, 0.4) is 0 Å². The van der Waals surface area contributed by atoms with E-state index in [1.54, 1.807) is 0 Å². The molecule has 0 spiro atoms. The number of carbonyl (C=O) groups excluding carboxylic acids is 2. The molecular formula is C18H19NO2S. The molecule has 0 aromatic heterocycles. The standard InChI is InChI=1S/C18H19NO2S/c1-13(20)22-16(12-18(19)21)11-15-9-5-6-10-17(15)14-7-3-2-4-8-14/h2-10,16H,11-12H2,1H3,(H2,19,21). The lowest BCUT2D eigenvalue weighted by molar-refractivity contribution is -0.117. The molecule has 1 atom stereocenters. The number of benzene rings is 2. The third-order valence-electron chi connectivity index (χ3n) is 3.31. The molecule has 3 nitrogen and oxygen atoms in total. The van der Waals surface area contributed by atoms with Gasteiger partial charge in [-0.25, -0.2) is 0 Å². The third kappa shape index (κ3) is 4.74. The average Bonchev–Trinajstić information content (AvgIpc) is 2.47. The van der Waals surface area contributed by atoms with Gasteiger partial charge in [0.2, 0.25) is 5.91 Å². The largest absolute Gasteiger partial charge is 0.370 e. The molecule has 0 aliphatic rings. The van der Waals surface area contributed by atoms with Gasteiger partial charge in [-0.15, -0.1) is 0 Å². The fourth-order valence-electron chi connectivity index (χ4n) is 2.46. The van der Waals surface area contributed by atoms with Gasteiger partial charge in [0.15, 0.2) is 5.12 Å². The van der Waals surface area contributed by atoms with Crippen molar-refractivity contribution in [1.29, 1.82) is 0 Å². The molecule has 0 saturated carbocycles. The number of amides is 1. The van der Waals surface area contributed by atoms with Crippen LogP contribution in [-0.4, -0.2) is 16.3 Å². The van der Waals surface area contributed by atoms with Crippen LogP contribution in [0.25, 0.3) is 11.1 Å². The van der Waals surface area contributed by atoms with Crippen LogP contribution < -0.4 is 5.73 Å². The molecule has 1 amide bonds. The average molecular weight is 313 g/mol. The Labute approximate surface area is 134 Å². The molecule has 0 aliphatic heterocycles. The molecule has 22 heavy (non-hydrogen) atoms. The fraction of sp³-hybridized carbons (Fsp3) is 0.222. The van der Waals surface area contributed by atoms with Gasteiger partial charge in [-0.1, -0.05) is 66.4 Å². The second-order valence-corrected chi connectivity index (χ2v) is 6.61. The summed E-state index contributed by atoms with van der Waals surface area (Å²) in [5.74, 6) is -0.379. The SMILES string of the molecule is CC(=O)SC(CC(N)=O)Cc1ccccc1-c1ccccc1. The van der Waals surface area contributed by atoms with E-state index in [1.165, 1.54) is 18.7 Å². The first kappa shape index (κ1) is 16.3. The molecule has 0 radical (unpaired) electrons. The van der Waals surface area contributed by atoms with E-state index in [0.717, 1.165) is 16.7 Å². The molecule has 2 rings (SSSR count). The van der Waals surface area contributed by atoms with Crippen LogP contribution in [0.15, 0.2) is 54.6 Å². The summed E-state index contributed by atoms with van der Waals surface area (Å²) in [5.41, 5.74) is 8.68. The third-order valence-corrected chi connectivity index (χ3v) is 4.31. The molecule has 0 bridgehead atoms. The Morgan fingerprint density at radius 1 is 1.05 bits per heavy atom. The van der Waals surface area contributed by atoms with Gasteiger partial charge < -0.3 is 5.73 Å². The van der Waals surface area contributed by atoms with Crippen molar-refractivity contribution in [1.82, 2.24) is 0 Å². The van der Waals surface area contributed by atoms with Gasteiger partial charge in [0.25, 0.3) is 0 Å². The maximum Gasteiger partial charge on any atom is 0.218 e. The summed E-state index contributed by atoms with van der Waals surface area (Å²) in [6, 6.07) is 18.2. The maximum atomic E-state index is 11.4. The minimum Gasteiger partial charge on any atom is -0.370 e. The number of nitrogens with two attached hydrogens (primary N) is 1. The highest BCUT2D eigenvalue weighted by atomic mass is 32.2. The van der Waals surface area contributed by atoms with Crippen molar-refractivity contribution < 1.29 is 9.59 Å². The Balaban J connectivity index is 2.27. The van der Waals surface area contributed by atoms with E-state index in [1.807, 2.05) is 36.4 Å². The van der Waals surface area contributed by atoms with Crippen LogP contribution in [0, 0.1) is 0 Å². The van der Waals surface area contributed by atoms with Crippen molar-refractivity contribution in [2.24, 2.45) is 5.73 Å². The lowest BCUT2D eigenvalue weighted by Crippen LogP contribution is -2.21. The summed E-state index contributed by atoms with van der Waals surface area (Å²) < 4.78 is 0. The number of rotatable bonds is 6. The Hall–Kier alpha value is -2.07. The summed E-state index contributed by atoms with van der Waals surface area (Å²) in [6.07, 6.45) is 0.839. The zero-order valence-electron chi connectivity index (χ0n) is 12.5. The number of primary amides is 1. The molecule has 2 N–H and O–H groups in total. The zero-order valence-corrected chi connectivity index (χ0v) is 13.3. The van der Waals surface area contributed by atoms with Gasteiger partial charge in [0.1, 0.15) is 0 Å². The van der Waals surface area contributed by atoms with Gasteiger partial charge >= 0.3 is 0 Å². The van der Waals surface area contributed by atoms with E-state index in [4.69, 9.17) is 5.73 Å². The van der Waals surface area contributed by atoms with Crippen molar-refractivity contribution in [3.8, 4) is 11.1 Å². The minimum absolute atomic E-state index is 0.00319. The first-order chi connectivity index (χ1) is 10.6. The lowest BCUT2D eigenvalue weighted by atomic mass is 9.96. The van der Waals surface area contributed by atoms with Crippen LogP contribution >= 0.6 is 11.8 Å². The monoisotopic (exact) mass is 313 g/mol. The minimum atomic E-state index is -0.379. The lowest BCUT2D eigenvalue weighted by Gasteiger charge is -2.16. The van der Waals surface area contributed by atoms with Crippen molar-refractivity contribution in [3.05, 3.63) is 60.2 Å². The first-order valence-corrected chi connectivity index (χ1v) is 8.03. The van der Waals surface area contributed by atoms with Crippen molar-refractivity contribution in [2.45, 2.75) is 25.0 Å². The van der Waals surface area contributed by atoms with Crippen LogP contribution in [0.1, 0.15) is 18.9 Å². The predicted molar refractivity (Wildman–Crippen MR) is 91.5 cm³/mol. The van der Waals surface area contributed by atoms with Gasteiger partial charge in [-0.2, -0.15) is 0 Å². The van der Waals surface area contributed by atoms with Gasteiger partial charge in [-0.3, -0.25) is 9.59 Å². The van der Waals surface area contributed by atoms with Gasteiger partial charge in [-0.05, 0) is 23.1 Å². The second kappa shape index (κ2) is 7.80. The number of carbonyl (C=O) groups is 2. The van der Waals surface area contributed by atoms with E-state index in [-0.39, 0.29) is 22.7 Å². The molecule has 0 aliphatic carbocycles. The number of hydrogen-bond donors (Lipinski definition) is 1. The maximum absolute atomic E-state index is 11.4. The molecule has 2 aromatic rings. The zero-order chi connectivity index (χ0) is 15.9. The first-order valence-electron chi connectivity index (χ1n) is 7.15. The summed E-state index contributed by atoms with van der Waals surface area (Å²) in [6.45, 7) is 1.52. The molecule has 114 valence electrons. The Morgan fingerprint density at radius 3 is 2.32 bits per heavy atom. The number of hydrogen-bond acceptors (Lipinski definition) is 3. The fourth-order valence-corrected chi connectivity index (χ4v) is 3.44. The highest BCUT2D eigenvalue weighted by Gasteiger charge is 2.17. The normalized spacial score (nSPS) is 11.9. The molecular weight excluding hydrogens is 294 g/mol. The topological polar surface area (TPSA) is 60.2 Å². The van der Waals surface area contributed by atoms with E-state index in [2.05, 4.69) is 18.2 Å². The number of thioether (sulfide) groups is 1. The predicted octanol–water partition coefficient (Wildman–Crippen LogP) is 3.42. The Kier molecular flexibility index (Phi) is 5.78. The molecule has 0 fully saturated rings. The quantitative estimate of drug-likeness (QED) is 0.889. The van der Waals surface area contributed by atoms with E-state index >= 15 is 0 Å². The molecule has 4 heteroatoms. The van der Waals surface area contributed by atoms with Crippen LogP contribution in [-0.2, 0) is 16.0 Å². The van der Waals surface area contributed by atoms with Crippen molar-refractivity contribution in [3.63, 3.8) is 0 Å². The van der Waals surface area contributed by atoms with E-state index in [9.17, 15) is 9.59 Å². The summed E-state index contributed by atoms with van der Waals surface area (Å²) in [7, 11) is 0. The van der Waals surface area contributed by atoms with Crippen LogP contribution in [0.5, 0.6) is 0 Å². The van der Waals surface area contributed by atoms with Crippen LogP contribution in [0.2, 0.25) is 0 Å². The molecule has 1 unspecified atom stereocenters. The smallest absolute Gasteiger partial charge is 0.218 e. The van der Waals surface area contributed by atoms with Crippen molar-refractivity contribution in [2.75, 3.05) is 0 Å². The van der Waals surface area contributed by atoms with Gasteiger partial charge in [0, 0.05) is 18.6 Å². The van der Waals surface area contributed by atoms with Crippen molar-refractivity contribution >= 4 is 22.8 Å². The van der Waals surface area contributed by atoms with E-state index in [0.29, 0.717) is 6.42 Å².